The second-order valence-corrected chi connectivity index (χ2v) is 5.41. The van der Waals surface area contributed by atoms with E-state index in [1.807, 2.05) is 12.1 Å². The van der Waals surface area contributed by atoms with Crippen molar-refractivity contribution >= 4 is 0 Å². The van der Waals surface area contributed by atoms with Crippen LogP contribution in [0, 0.1) is 0 Å². The van der Waals surface area contributed by atoms with Gasteiger partial charge in [0.15, 0.2) is 0 Å². The summed E-state index contributed by atoms with van der Waals surface area (Å²) in [4.78, 5) is 2.58. The Kier molecular flexibility index (Phi) is 3.27. The Hall–Kier alpha value is -1.06. The maximum atomic E-state index is 9.37. The van der Waals surface area contributed by atoms with Gasteiger partial charge in [0.25, 0.3) is 0 Å². The van der Waals surface area contributed by atoms with Gasteiger partial charge in [0.2, 0.25) is 0 Å². The van der Waals surface area contributed by atoms with Gasteiger partial charge in [0.05, 0.1) is 12.7 Å². The first-order chi connectivity index (χ1) is 8.75. The molecule has 0 spiro atoms. The predicted octanol–water partition coefficient (Wildman–Crippen LogP) is 2.71. The van der Waals surface area contributed by atoms with Crippen LogP contribution in [0.3, 0.4) is 0 Å². The smallest absolute Gasteiger partial charge is 0.115 e. The van der Waals surface area contributed by atoms with Crippen molar-refractivity contribution in [3.63, 3.8) is 0 Å². The highest BCUT2D eigenvalue weighted by Gasteiger charge is 2.38. The second-order valence-electron chi connectivity index (χ2n) is 5.41. The molecular weight excluding hydrogens is 226 g/mol. The fourth-order valence-electron chi connectivity index (χ4n) is 3.38. The van der Waals surface area contributed by atoms with Crippen molar-refractivity contribution < 1.29 is 9.84 Å². The molecule has 1 saturated heterocycles. The third-order valence-electron chi connectivity index (χ3n) is 4.40. The zero-order chi connectivity index (χ0) is 12.5. The van der Waals surface area contributed by atoms with E-state index in [2.05, 4.69) is 11.8 Å². The Morgan fingerprint density at radius 1 is 1.28 bits per heavy atom. The summed E-state index contributed by atoms with van der Waals surface area (Å²) in [6, 6.07) is 8.60. The summed E-state index contributed by atoms with van der Waals surface area (Å²) in [5.74, 6) is 0.340. The molecule has 0 radical (unpaired) electrons. The number of ether oxygens (including phenoxy) is 1. The van der Waals surface area contributed by atoms with Crippen LogP contribution in [-0.2, 0) is 4.74 Å². The molecule has 1 heterocycles. The minimum atomic E-state index is 0.340. The van der Waals surface area contributed by atoms with Gasteiger partial charge in [-0.25, -0.2) is 0 Å². The van der Waals surface area contributed by atoms with Crippen LogP contribution in [0.4, 0.5) is 0 Å². The molecule has 1 saturated carbocycles. The van der Waals surface area contributed by atoms with Crippen molar-refractivity contribution in [3.05, 3.63) is 29.8 Å². The number of nitrogens with zero attached hydrogens (tertiary/aromatic N) is 1. The van der Waals surface area contributed by atoms with Crippen LogP contribution in [0.5, 0.6) is 5.75 Å². The molecule has 3 atom stereocenters. The predicted molar refractivity (Wildman–Crippen MR) is 70.6 cm³/mol. The Morgan fingerprint density at radius 2 is 2.06 bits per heavy atom. The molecule has 3 unspecified atom stereocenters. The summed E-state index contributed by atoms with van der Waals surface area (Å²) in [5, 5.41) is 9.37. The molecule has 98 valence electrons. The zero-order valence-corrected chi connectivity index (χ0v) is 10.9. The van der Waals surface area contributed by atoms with Gasteiger partial charge >= 0.3 is 0 Å². The van der Waals surface area contributed by atoms with E-state index < -0.39 is 0 Å². The van der Waals surface area contributed by atoms with Gasteiger partial charge in [-0.1, -0.05) is 12.1 Å². The Labute approximate surface area is 108 Å². The van der Waals surface area contributed by atoms with E-state index >= 15 is 0 Å². The van der Waals surface area contributed by atoms with E-state index in [1.165, 1.54) is 24.8 Å². The van der Waals surface area contributed by atoms with Crippen LogP contribution in [0.15, 0.2) is 24.3 Å². The summed E-state index contributed by atoms with van der Waals surface area (Å²) in [7, 11) is 0. The summed E-state index contributed by atoms with van der Waals surface area (Å²) in [6.07, 6.45) is 4.20. The average Bonchev–Trinajstić information content (AvgIpc) is 2.87. The number of phenols is 1. The maximum absolute atomic E-state index is 9.37. The van der Waals surface area contributed by atoms with Crippen LogP contribution in [-0.4, -0.2) is 35.3 Å². The fraction of sp³-hybridized carbons (Fsp3) is 0.600. The number of rotatable bonds is 2. The zero-order valence-electron chi connectivity index (χ0n) is 10.9. The Balaban J connectivity index is 1.78. The molecule has 18 heavy (non-hydrogen) atoms. The molecule has 0 amide bonds. The summed E-state index contributed by atoms with van der Waals surface area (Å²) in [6.45, 7) is 4.12. The number of morpholine rings is 1. The molecule has 3 heteroatoms. The van der Waals surface area contributed by atoms with Crippen molar-refractivity contribution in [2.24, 2.45) is 0 Å². The standard InChI is InChI=1S/C15H21NO2/c1-11(12-5-7-13(17)8-6-12)16-9-10-18-15-4-2-3-14(15)16/h5-8,11,14-15,17H,2-4,9-10H2,1H3. The largest absolute Gasteiger partial charge is 0.508 e. The van der Waals surface area contributed by atoms with Crippen LogP contribution in [0.2, 0.25) is 0 Å². The molecule has 2 fully saturated rings. The minimum absolute atomic E-state index is 0.340. The molecule has 3 nitrogen and oxygen atoms in total. The van der Waals surface area contributed by atoms with E-state index in [9.17, 15) is 5.11 Å². The van der Waals surface area contributed by atoms with Gasteiger partial charge in [0, 0.05) is 18.6 Å². The van der Waals surface area contributed by atoms with Gasteiger partial charge in [0.1, 0.15) is 5.75 Å². The number of fused-ring (bicyclic) bond motifs is 1. The summed E-state index contributed by atoms with van der Waals surface area (Å²) < 4.78 is 5.86. The Morgan fingerprint density at radius 3 is 2.83 bits per heavy atom. The van der Waals surface area contributed by atoms with E-state index in [0.29, 0.717) is 23.9 Å². The lowest BCUT2D eigenvalue weighted by Crippen LogP contribution is -2.49. The highest BCUT2D eigenvalue weighted by atomic mass is 16.5. The fourth-order valence-corrected chi connectivity index (χ4v) is 3.38. The minimum Gasteiger partial charge on any atom is -0.508 e. The number of phenolic OH excluding ortho intramolecular Hbond substituents is 1. The maximum Gasteiger partial charge on any atom is 0.115 e. The lowest BCUT2D eigenvalue weighted by atomic mass is 10.0. The lowest BCUT2D eigenvalue weighted by molar-refractivity contribution is -0.0698. The first-order valence-corrected chi connectivity index (χ1v) is 6.92. The Bertz CT molecular complexity index is 403. The van der Waals surface area contributed by atoms with Crippen LogP contribution in [0.25, 0.3) is 0 Å². The third kappa shape index (κ3) is 2.13. The third-order valence-corrected chi connectivity index (χ3v) is 4.40. The van der Waals surface area contributed by atoms with E-state index in [4.69, 9.17) is 4.74 Å². The number of benzene rings is 1. The van der Waals surface area contributed by atoms with Crippen molar-refractivity contribution in [3.8, 4) is 5.75 Å². The quantitative estimate of drug-likeness (QED) is 0.872. The number of hydrogen-bond acceptors (Lipinski definition) is 3. The van der Waals surface area contributed by atoms with Gasteiger partial charge in [-0.05, 0) is 43.9 Å². The van der Waals surface area contributed by atoms with Crippen molar-refractivity contribution in [2.75, 3.05) is 13.2 Å². The molecule has 1 aliphatic carbocycles. The van der Waals surface area contributed by atoms with Crippen molar-refractivity contribution in [2.45, 2.75) is 44.4 Å². The number of aromatic hydroxyl groups is 1. The van der Waals surface area contributed by atoms with Gasteiger partial charge in [-0.3, -0.25) is 4.90 Å². The van der Waals surface area contributed by atoms with Gasteiger partial charge in [-0.2, -0.15) is 0 Å². The van der Waals surface area contributed by atoms with Crippen LogP contribution >= 0.6 is 0 Å². The topological polar surface area (TPSA) is 32.7 Å². The van der Waals surface area contributed by atoms with E-state index in [1.54, 1.807) is 12.1 Å². The van der Waals surface area contributed by atoms with Crippen molar-refractivity contribution in [1.29, 1.82) is 0 Å². The number of hydrogen-bond donors (Lipinski definition) is 1. The summed E-state index contributed by atoms with van der Waals surface area (Å²) in [5.41, 5.74) is 1.28. The second kappa shape index (κ2) is 4.90. The molecule has 1 aliphatic heterocycles. The molecule has 1 aromatic carbocycles. The molecular formula is C15H21NO2. The first kappa shape index (κ1) is 12.0. The summed E-state index contributed by atoms with van der Waals surface area (Å²) >= 11 is 0. The SMILES string of the molecule is CC(c1ccc(O)cc1)N1CCOC2CCCC21. The molecule has 2 aliphatic rings. The molecule has 0 bridgehead atoms. The van der Waals surface area contributed by atoms with Gasteiger partial charge < -0.3 is 9.84 Å². The van der Waals surface area contributed by atoms with Crippen LogP contribution < -0.4 is 0 Å². The molecule has 3 rings (SSSR count). The average molecular weight is 247 g/mol. The highest BCUT2D eigenvalue weighted by Crippen LogP contribution is 2.35. The lowest BCUT2D eigenvalue weighted by Gasteiger charge is -2.41. The van der Waals surface area contributed by atoms with Gasteiger partial charge in [-0.15, -0.1) is 0 Å². The van der Waals surface area contributed by atoms with E-state index in [0.717, 1.165) is 13.2 Å². The molecule has 1 N–H and O–H groups in total. The van der Waals surface area contributed by atoms with Crippen LogP contribution in [0.1, 0.15) is 37.8 Å². The molecule has 1 aromatic rings. The normalized spacial score (nSPS) is 30.1. The highest BCUT2D eigenvalue weighted by molar-refractivity contribution is 5.28. The first-order valence-electron chi connectivity index (χ1n) is 6.92. The monoisotopic (exact) mass is 247 g/mol. The van der Waals surface area contributed by atoms with Crippen molar-refractivity contribution in [1.82, 2.24) is 4.90 Å². The molecule has 0 aromatic heterocycles. The van der Waals surface area contributed by atoms with E-state index in [-0.39, 0.29) is 0 Å².